The quantitative estimate of drug-likeness (QED) is 0.179. The average molecular weight is 658 g/mol. The summed E-state index contributed by atoms with van der Waals surface area (Å²) in [6.07, 6.45) is 8.45. The molecular formula is C35H41BrN6O2. The normalized spacial score (nSPS) is 22.4. The van der Waals surface area contributed by atoms with Crippen LogP contribution in [0.15, 0.2) is 48.6 Å². The summed E-state index contributed by atoms with van der Waals surface area (Å²) in [4.78, 5) is 33.2. The standard InChI is InChI=1S/C35H41BrN6O2/c1-24-8-4-9-25-10-5-12-29(33(24)25)26-14-15-30-31(20-26)38-35(44-23-27-11-7-17-40(27)3)39-34(30)41-18-19-42(28(22-41)21-37-2)32(43)13-6-16-36/h4-6,8-10,12-13,26-28H,7,11,14-23H2,1,3H3/b13-6+/t26?,27-,28-/m0/s1. The molecule has 1 unspecified atom stereocenters. The molecule has 8 nitrogen and oxygen atoms in total. The fourth-order valence-corrected chi connectivity index (χ4v) is 7.46. The fourth-order valence-electron chi connectivity index (χ4n) is 7.27. The van der Waals surface area contributed by atoms with Gasteiger partial charge in [0.05, 0.1) is 5.69 Å². The van der Waals surface area contributed by atoms with Gasteiger partial charge in [-0.2, -0.15) is 9.97 Å². The zero-order chi connectivity index (χ0) is 30.6. The summed E-state index contributed by atoms with van der Waals surface area (Å²) in [6, 6.07) is 13.8. The molecule has 0 bridgehead atoms. The molecule has 0 radical (unpaired) electrons. The molecule has 9 heteroatoms. The number of benzene rings is 2. The third-order valence-electron chi connectivity index (χ3n) is 9.61. The molecule has 2 saturated heterocycles. The van der Waals surface area contributed by atoms with Crippen LogP contribution in [0.2, 0.25) is 0 Å². The maximum Gasteiger partial charge on any atom is 0.318 e. The van der Waals surface area contributed by atoms with Crippen LogP contribution in [0.4, 0.5) is 5.82 Å². The number of fused-ring (bicyclic) bond motifs is 2. The van der Waals surface area contributed by atoms with Crippen molar-refractivity contribution in [3.63, 3.8) is 0 Å². The molecule has 1 aliphatic carbocycles. The lowest BCUT2D eigenvalue weighted by Crippen LogP contribution is -2.56. The Morgan fingerprint density at radius 1 is 1.14 bits per heavy atom. The lowest BCUT2D eigenvalue weighted by Gasteiger charge is -2.40. The number of aryl methyl sites for hydroxylation is 1. The zero-order valence-corrected chi connectivity index (χ0v) is 27.3. The molecule has 0 N–H and O–H groups in total. The maximum absolute atomic E-state index is 12.9. The Morgan fingerprint density at radius 2 is 1.98 bits per heavy atom. The summed E-state index contributed by atoms with van der Waals surface area (Å²) in [6.45, 7) is 13.5. The van der Waals surface area contributed by atoms with E-state index in [0.717, 1.165) is 43.7 Å². The molecule has 2 fully saturated rings. The van der Waals surface area contributed by atoms with Crippen molar-refractivity contribution in [2.75, 3.05) is 56.6 Å². The number of allylic oxidation sites excluding steroid dienone is 1. The van der Waals surface area contributed by atoms with Crippen molar-refractivity contribution in [3.05, 3.63) is 82.4 Å². The van der Waals surface area contributed by atoms with Gasteiger partial charge in [-0.3, -0.25) is 4.79 Å². The fraction of sp³-hybridized carbons (Fsp3) is 0.486. The molecule has 3 aliphatic rings. The Hall–Kier alpha value is -3.48. The predicted molar refractivity (Wildman–Crippen MR) is 179 cm³/mol. The first kappa shape index (κ1) is 30.5. The van der Waals surface area contributed by atoms with Gasteiger partial charge in [0.2, 0.25) is 12.5 Å². The Kier molecular flexibility index (Phi) is 9.48. The van der Waals surface area contributed by atoms with E-state index in [1.165, 1.54) is 33.9 Å². The molecule has 3 atom stereocenters. The van der Waals surface area contributed by atoms with Crippen molar-refractivity contribution >= 4 is 38.4 Å². The van der Waals surface area contributed by atoms with Gasteiger partial charge >= 0.3 is 6.01 Å². The van der Waals surface area contributed by atoms with E-state index in [9.17, 15) is 4.79 Å². The van der Waals surface area contributed by atoms with Gasteiger partial charge < -0.3 is 24.3 Å². The van der Waals surface area contributed by atoms with E-state index in [4.69, 9.17) is 21.3 Å². The molecule has 44 heavy (non-hydrogen) atoms. The molecule has 1 aromatic heterocycles. The molecule has 6 rings (SSSR count). The first-order chi connectivity index (χ1) is 21.5. The van der Waals surface area contributed by atoms with Gasteiger partial charge in [0.25, 0.3) is 0 Å². The van der Waals surface area contributed by atoms with Gasteiger partial charge in [-0.1, -0.05) is 58.4 Å². The molecule has 3 aromatic rings. The Balaban J connectivity index is 1.32. The molecule has 2 aromatic carbocycles. The van der Waals surface area contributed by atoms with E-state index < -0.39 is 0 Å². The first-order valence-corrected chi connectivity index (χ1v) is 16.9. The largest absolute Gasteiger partial charge is 0.462 e. The highest BCUT2D eigenvalue weighted by molar-refractivity contribution is 9.09. The van der Waals surface area contributed by atoms with Crippen LogP contribution in [-0.2, 0) is 17.6 Å². The van der Waals surface area contributed by atoms with Crippen LogP contribution in [0.25, 0.3) is 15.6 Å². The number of likely N-dealkylation sites (tertiary alicyclic amines) is 1. The smallest absolute Gasteiger partial charge is 0.318 e. The summed E-state index contributed by atoms with van der Waals surface area (Å²) in [5, 5.41) is 3.26. The van der Waals surface area contributed by atoms with Crippen molar-refractivity contribution in [3.8, 4) is 6.01 Å². The maximum atomic E-state index is 12.9. The number of carbonyl (C=O) groups is 1. The SMILES string of the molecule is [C-]#[N+]C[C@H]1CN(c2nc(OC[C@@H]3CCCN3C)nc3c2CCC(c2cccc4cccc(C)c24)C3)CCN1C(=O)/C=C/CBr. The number of hydrogen-bond donors (Lipinski definition) is 0. The molecular weight excluding hydrogens is 616 g/mol. The number of amides is 1. The molecule has 3 heterocycles. The van der Waals surface area contributed by atoms with Crippen LogP contribution in [0.5, 0.6) is 6.01 Å². The number of nitrogens with zero attached hydrogens (tertiary/aromatic N) is 6. The van der Waals surface area contributed by atoms with E-state index in [1.54, 1.807) is 6.08 Å². The lowest BCUT2D eigenvalue weighted by atomic mass is 9.80. The molecule has 230 valence electrons. The van der Waals surface area contributed by atoms with Crippen LogP contribution in [0, 0.1) is 13.5 Å². The molecule has 2 aliphatic heterocycles. The molecule has 1 amide bonds. The van der Waals surface area contributed by atoms with E-state index in [2.05, 4.69) is 80.9 Å². The first-order valence-electron chi connectivity index (χ1n) is 15.8. The number of hydrogen-bond acceptors (Lipinski definition) is 6. The number of likely N-dealkylation sites (N-methyl/N-ethyl adjacent to an activating group) is 1. The summed E-state index contributed by atoms with van der Waals surface area (Å²) in [7, 11) is 2.16. The summed E-state index contributed by atoms with van der Waals surface area (Å²) in [5.74, 6) is 1.23. The average Bonchev–Trinajstić information content (AvgIpc) is 3.46. The number of piperazine rings is 1. The minimum atomic E-state index is -0.203. The number of ether oxygens (including phenoxy) is 1. The zero-order valence-electron chi connectivity index (χ0n) is 25.7. The van der Waals surface area contributed by atoms with Gasteiger partial charge in [0, 0.05) is 36.6 Å². The van der Waals surface area contributed by atoms with E-state index in [0.29, 0.717) is 49.5 Å². The minimum Gasteiger partial charge on any atom is -0.462 e. The van der Waals surface area contributed by atoms with Gasteiger partial charge in [-0.15, -0.1) is 0 Å². The van der Waals surface area contributed by atoms with Crippen LogP contribution in [0.1, 0.15) is 47.6 Å². The highest BCUT2D eigenvalue weighted by atomic mass is 79.9. The number of rotatable bonds is 8. The van der Waals surface area contributed by atoms with Gasteiger partial charge in [-0.05, 0) is 86.5 Å². The van der Waals surface area contributed by atoms with Crippen LogP contribution < -0.4 is 9.64 Å². The van der Waals surface area contributed by atoms with Gasteiger partial charge in [0.15, 0.2) is 0 Å². The van der Waals surface area contributed by atoms with Crippen molar-refractivity contribution in [2.45, 2.75) is 57.0 Å². The van der Waals surface area contributed by atoms with Gasteiger partial charge in [-0.25, -0.2) is 6.57 Å². The second-order valence-corrected chi connectivity index (χ2v) is 13.0. The number of anilines is 1. The predicted octanol–water partition coefficient (Wildman–Crippen LogP) is 5.57. The third-order valence-corrected chi connectivity index (χ3v) is 9.99. The Morgan fingerprint density at radius 3 is 2.75 bits per heavy atom. The van der Waals surface area contributed by atoms with Crippen LogP contribution >= 0.6 is 15.9 Å². The minimum absolute atomic E-state index is 0.0413. The lowest BCUT2D eigenvalue weighted by molar-refractivity contribution is -0.128. The van der Waals surface area contributed by atoms with Crippen molar-refractivity contribution in [1.29, 1.82) is 0 Å². The number of aromatic nitrogens is 2. The summed E-state index contributed by atoms with van der Waals surface area (Å²) >= 11 is 3.36. The number of carbonyl (C=O) groups excluding carboxylic acids is 1. The second kappa shape index (κ2) is 13.7. The van der Waals surface area contributed by atoms with Crippen molar-refractivity contribution in [2.24, 2.45) is 0 Å². The van der Waals surface area contributed by atoms with Crippen molar-refractivity contribution < 1.29 is 9.53 Å². The van der Waals surface area contributed by atoms with E-state index >= 15 is 0 Å². The highest BCUT2D eigenvalue weighted by Gasteiger charge is 2.35. The van der Waals surface area contributed by atoms with Gasteiger partial charge in [0.1, 0.15) is 18.5 Å². The third kappa shape index (κ3) is 6.33. The van der Waals surface area contributed by atoms with Crippen LogP contribution in [-0.4, -0.2) is 89.5 Å². The second-order valence-electron chi connectivity index (χ2n) is 12.3. The van der Waals surface area contributed by atoms with Crippen molar-refractivity contribution in [1.82, 2.24) is 19.8 Å². The monoisotopic (exact) mass is 656 g/mol. The number of halogens is 1. The Labute approximate surface area is 269 Å². The Bertz CT molecular complexity index is 1580. The summed E-state index contributed by atoms with van der Waals surface area (Å²) < 4.78 is 6.35. The number of alkyl halides is 1. The molecule has 0 saturated carbocycles. The highest BCUT2D eigenvalue weighted by Crippen LogP contribution is 2.40. The van der Waals surface area contributed by atoms with E-state index in [1.807, 2.05) is 11.0 Å². The topological polar surface area (TPSA) is 66.2 Å². The molecule has 0 spiro atoms. The van der Waals surface area contributed by atoms with Crippen LogP contribution in [0.3, 0.4) is 0 Å². The van der Waals surface area contributed by atoms with E-state index in [-0.39, 0.29) is 18.5 Å². The summed E-state index contributed by atoms with van der Waals surface area (Å²) in [5.41, 5.74) is 4.94.